The van der Waals surface area contributed by atoms with Gasteiger partial charge in [-0.15, -0.1) is 0 Å². The van der Waals surface area contributed by atoms with Crippen LogP contribution in [0.3, 0.4) is 0 Å². The normalized spacial score (nSPS) is 11.4. The van der Waals surface area contributed by atoms with Gasteiger partial charge >= 0.3 is 0 Å². The maximum atomic E-state index is 11.9. The maximum Gasteiger partial charge on any atom is 0.241 e. The van der Waals surface area contributed by atoms with Gasteiger partial charge in [-0.3, -0.25) is 4.79 Å². The standard InChI is InChI=1S/C10H13BrN2O3S/c1-7-2-3-9(8(11)6-7)17(15,16)13-5-4-10(12)14/h2-3,6,13H,4-5H2,1H3,(H2,12,14). The van der Waals surface area contributed by atoms with Gasteiger partial charge in [-0.2, -0.15) is 0 Å². The Hall–Kier alpha value is -0.920. The van der Waals surface area contributed by atoms with Gasteiger partial charge in [-0.25, -0.2) is 13.1 Å². The second-order valence-electron chi connectivity index (χ2n) is 3.55. The van der Waals surface area contributed by atoms with E-state index in [1.165, 1.54) is 6.07 Å². The van der Waals surface area contributed by atoms with Crippen molar-refractivity contribution >= 4 is 31.9 Å². The van der Waals surface area contributed by atoms with Crippen molar-refractivity contribution in [1.29, 1.82) is 0 Å². The van der Waals surface area contributed by atoms with Crippen LogP contribution in [0.15, 0.2) is 27.6 Å². The van der Waals surface area contributed by atoms with Gasteiger partial charge < -0.3 is 5.73 Å². The quantitative estimate of drug-likeness (QED) is 0.845. The first kappa shape index (κ1) is 14.1. The number of primary amides is 1. The number of hydrogen-bond donors (Lipinski definition) is 2. The second-order valence-corrected chi connectivity index (χ2v) is 6.14. The van der Waals surface area contributed by atoms with Crippen LogP contribution < -0.4 is 10.5 Å². The molecule has 1 amide bonds. The summed E-state index contributed by atoms with van der Waals surface area (Å²) < 4.78 is 26.5. The highest BCUT2D eigenvalue weighted by Gasteiger charge is 2.17. The molecule has 0 aliphatic heterocycles. The molecule has 3 N–H and O–H groups in total. The Morgan fingerprint density at radius 2 is 2.12 bits per heavy atom. The molecule has 17 heavy (non-hydrogen) atoms. The Balaban J connectivity index is 2.86. The monoisotopic (exact) mass is 320 g/mol. The Morgan fingerprint density at radius 3 is 2.65 bits per heavy atom. The maximum absolute atomic E-state index is 11.9. The van der Waals surface area contributed by atoms with Gasteiger partial charge in [0.25, 0.3) is 0 Å². The molecule has 0 atom stereocenters. The molecule has 0 aliphatic rings. The average Bonchev–Trinajstić information content (AvgIpc) is 2.15. The first-order chi connectivity index (χ1) is 7.83. The zero-order chi connectivity index (χ0) is 13.1. The number of amides is 1. The van der Waals surface area contributed by atoms with Crippen LogP contribution in [0.4, 0.5) is 0 Å². The van der Waals surface area contributed by atoms with Gasteiger partial charge in [0.2, 0.25) is 15.9 Å². The van der Waals surface area contributed by atoms with Gasteiger partial charge in [0.05, 0.1) is 4.90 Å². The number of nitrogens with one attached hydrogen (secondary N) is 1. The first-order valence-corrected chi connectivity index (χ1v) is 7.14. The van der Waals surface area contributed by atoms with Crippen LogP contribution in [0.25, 0.3) is 0 Å². The summed E-state index contributed by atoms with van der Waals surface area (Å²) in [7, 11) is -3.61. The van der Waals surface area contributed by atoms with Gasteiger partial charge in [0, 0.05) is 17.4 Å². The second kappa shape index (κ2) is 5.61. The summed E-state index contributed by atoms with van der Waals surface area (Å²) in [5, 5.41) is 0. The highest BCUT2D eigenvalue weighted by atomic mass is 79.9. The molecule has 0 radical (unpaired) electrons. The van der Waals surface area contributed by atoms with Crippen LogP contribution in [0, 0.1) is 6.92 Å². The van der Waals surface area contributed by atoms with Crippen LogP contribution in [0.1, 0.15) is 12.0 Å². The third kappa shape index (κ3) is 4.10. The van der Waals surface area contributed by atoms with E-state index >= 15 is 0 Å². The topological polar surface area (TPSA) is 89.3 Å². The van der Waals surface area contributed by atoms with E-state index in [1.54, 1.807) is 12.1 Å². The van der Waals surface area contributed by atoms with E-state index < -0.39 is 15.9 Å². The molecule has 0 saturated carbocycles. The molecule has 0 bridgehead atoms. The van der Waals surface area contributed by atoms with E-state index in [-0.39, 0.29) is 17.9 Å². The van der Waals surface area contributed by atoms with Crippen molar-refractivity contribution in [2.24, 2.45) is 5.73 Å². The fourth-order valence-electron chi connectivity index (χ4n) is 1.21. The van der Waals surface area contributed by atoms with E-state index in [0.717, 1.165) is 5.56 Å². The largest absolute Gasteiger partial charge is 0.370 e. The molecule has 5 nitrogen and oxygen atoms in total. The van der Waals surface area contributed by atoms with E-state index in [2.05, 4.69) is 20.7 Å². The lowest BCUT2D eigenvalue weighted by Crippen LogP contribution is -2.28. The summed E-state index contributed by atoms with van der Waals surface area (Å²) in [4.78, 5) is 10.7. The SMILES string of the molecule is Cc1ccc(S(=O)(=O)NCCC(N)=O)c(Br)c1. The van der Waals surface area contributed by atoms with Crippen molar-refractivity contribution < 1.29 is 13.2 Å². The zero-order valence-corrected chi connectivity index (χ0v) is 11.6. The van der Waals surface area contributed by atoms with Crippen molar-refractivity contribution in [1.82, 2.24) is 4.72 Å². The number of carbonyl (C=O) groups excluding carboxylic acids is 1. The Bertz CT molecular complexity index is 528. The third-order valence-electron chi connectivity index (χ3n) is 2.04. The van der Waals surface area contributed by atoms with Crippen LogP contribution in [-0.4, -0.2) is 20.9 Å². The summed E-state index contributed by atoms with van der Waals surface area (Å²) in [6.45, 7) is 1.86. The summed E-state index contributed by atoms with van der Waals surface area (Å²) in [5.41, 5.74) is 5.88. The predicted octanol–water partition coefficient (Wildman–Crippen LogP) is 0.911. The fraction of sp³-hybridized carbons (Fsp3) is 0.300. The van der Waals surface area contributed by atoms with Crippen molar-refractivity contribution in [3.05, 3.63) is 28.2 Å². The molecule has 0 spiro atoms. The van der Waals surface area contributed by atoms with E-state index in [9.17, 15) is 13.2 Å². The molecule has 0 aliphatic carbocycles. The lowest BCUT2D eigenvalue weighted by atomic mass is 10.2. The van der Waals surface area contributed by atoms with Crippen LogP contribution in [-0.2, 0) is 14.8 Å². The third-order valence-corrected chi connectivity index (χ3v) is 4.48. The number of benzene rings is 1. The number of carbonyl (C=O) groups is 1. The van der Waals surface area contributed by atoms with E-state index in [1.807, 2.05) is 6.92 Å². The fourth-order valence-corrected chi connectivity index (χ4v) is 3.43. The Morgan fingerprint density at radius 1 is 1.47 bits per heavy atom. The molecule has 1 aromatic carbocycles. The molecule has 0 saturated heterocycles. The molecular formula is C10H13BrN2O3S. The van der Waals surface area contributed by atoms with Crippen LogP contribution >= 0.6 is 15.9 Å². The highest BCUT2D eigenvalue weighted by Crippen LogP contribution is 2.22. The van der Waals surface area contributed by atoms with E-state index in [0.29, 0.717) is 4.47 Å². The lowest BCUT2D eigenvalue weighted by molar-refractivity contribution is -0.117. The number of rotatable bonds is 5. The first-order valence-electron chi connectivity index (χ1n) is 4.87. The van der Waals surface area contributed by atoms with Gasteiger partial charge in [-0.1, -0.05) is 6.07 Å². The summed E-state index contributed by atoms with van der Waals surface area (Å²) in [6.07, 6.45) is -0.0251. The van der Waals surface area contributed by atoms with Gasteiger partial charge in [0.15, 0.2) is 0 Å². The summed E-state index contributed by atoms with van der Waals surface area (Å²) >= 11 is 3.19. The summed E-state index contributed by atoms with van der Waals surface area (Å²) in [5.74, 6) is -0.546. The van der Waals surface area contributed by atoms with Crippen LogP contribution in [0.2, 0.25) is 0 Å². The average molecular weight is 321 g/mol. The van der Waals surface area contributed by atoms with Gasteiger partial charge in [-0.05, 0) is 40.5 Å². The molecule has 0 unspecified atom stereocenters. The minimum atomic E-state index is -3.61. The highest BCUT2D eigenvalue weighted by molar-refractivity contribution is 9.10. The molecule has 1 aromatic rings. The van der Waals surface area contributed by atoms with Gasteiger partial charge in [0.1, 0.15) is 0 Å². The molecule has 0 heterocycles. The Kier molecular flexibility index (Phi) is 4.67. The minimum absolute atomic E-state index is 0.00200. The molecule has 1 rings (SSSR count). The molecule has 0 aromatic heterocycles. The van der Waals surface area contributed by atoms with Crippen molar-refractivity contribution in [2.45, 2.75) is 18.2 Å². The number of aryl methyl sites for hydroxylation is 1. The molecule has 7 heteroatoms. The molecular weight excluding hydrogens is 308 g/mol. The zero-order valence-electron chi connectivity index (χ0n) is 9.23. The molecule has 0 fully saturated rings. The minimum Gasteiger partial charge on any atom is -0.370 e. The number of nitrogens with two attached hydrogens (primary N) is 1. The Labute approximate surface area is 109 Å². The number of hydrogen-bond acceptors (Lipinski definition) is 3. The molecule has 94 valence electrons. The van der Waals surface area contributed by atoms with Crippen molar-refractivity contribution in [2.75, 3.05) is 6.54 Å². The van der Waals surface area contributed by atoms with Crippen LogP contribution in [0.5, 0.6) is 0 Å². The lowest BCUT2D eigenvalue weighted by Gasteiger charge is -2.08. The van der Waals surface area contributed by atoms with Crippen molar-refractivity contribution in [3.8, 4) is 0 Å². The smallest absolute Gasteiger partial charge is 0.241 e. The predicted molar refractivity (Wildman–Crippen MR) is 67.9 cm³/mol. The number of halogens is 1. The number of sulfonamides is 1. The van der Waals surface area contributed by atoms with Crippen molar-refractivity contribution in [3.63, 3.8) is 0 Å². The van der Waals surface area contributed by atoms with E-state index in [4.69, 9.17) is 5.73 Å². The summed E-state index contributed by atoms with van der Waals surface area (Å²) in [6, 6.07) is 4.92.